The third-order valence-corrected chi connectivity index (χ3v) is 6.25. The normalized spacial score (nSPS) is 12.7. The van der Waals surface area contributed by atoms with Crippen molar-refractivity contribution < 1.29 is 26.5 Å². The van der Waals surface area contributed by atoms with E-state index in [2.05, 4.69) is 24.7 Å². The number of fused-ring (bicyclic) bond motifs is 1. The van der Waals surface area contributed by atoms with Gasteiger partial charge < -0.3 is 9.47 Å². The second-order valence-electron chi connectivity index (χ2n) is 7.57. The standard InChI is InChI=1S/C17H27FN2O5SSi/c1-23-17-10-13-15(6-7-25-26(2,21)22)19-20(16(13)11-14(17)18)12-24-8-9-27(3,4)5/h10-11H,6-9,12H2,1-5H3. The molecule has 0 bridgehead atoms. The highest BCUT2D eigenvalue weighted by Crippen LogP contribution is 2.27. The Balaban J connectivity index is 2.23. The zero-order valence-corrected chi connectivity index (χ0v) is 18.2. The number of benzene rings is 1. The summed E-state index contributed by atoms with van der Waals surface area (Å²) in [6.07, 6.45) is 1.26. The van der Waals surface area contributed by atoms with E-state index in [0.717, 1.165) is 12.3 Å². The van der Waals surface area contributed by atoms with Crippen molar-refractivity contribution in [2.75, 3.05) is 26.6 Å². The van der Waals surface area contributed by atoms with E-state index < -0.39 is 24.0 Å². The van der Waals surface area contributed by atoms with E-state index in [1.807, 2.05) is 0 Å². The van der Waals surface area contributed by atoms with Gasteiger partial charge in [0.2, 0.25) is 0 Å². The Kier molecular flexibility index (Phi) is 7.01. The lowest BCUT2D eigenvalue weighted by Crippen LogP contribution is -2.22. The molecule has 0 fully saturated rings. The molecule has 7 nitrogen and oxygen atoms in total. The molecule has 0 aliphatic rings. The molecule has 1 aromatic heterocycles. The van der Waals surface area contributed by atoms with E-state index in [4.69, 9.17) is 13.7 Å². The summed E-state index contributed by atoms with van der Waals surface area (Å²) in [5.41, 5.74) is 1.16. The van der Waals surface area contributed by atoms with Crippen molar-refractivity contribution >= 4 is 29.1 Å². The predicted octanol–water partition coefficient (Wildman–Crippen LogP) is 3.02. The number of ether oxygens (including phenoxy) is 2. The number of methoxy groups -OCH3 is 1. The summed E-state index contributed by atoms with van der Waals surface area (Å²) in [6.45, 7) is 7.56. The molecule has 0 aliphatic carbocycles. The largest absolute Gasteiger partial charge is 0.494 e. The molecule has 0 amide bonds. The van der Waals surface area contributed by atoms with Crippen LogP contribution >= 0.6 is 0 Å². The Morgan fingerprint density at radius 1 is 1.22 bits per heavy atom. The van der Waals surface area contributed by atoms with Gasteiger partial charge in [0.25, 0.3) is 10.1 Å². The van der Waals surface area contributed by atoms with Gasteiger partial charge in [-0.05, 0) is 12.1 Å². The van der Waals surface area contributed by atoms with E-state index in [0.29, 0.717) is 23.2 Å². The molecule has 2 aromatic rings. The summed E-state index contributed by atoms with van der Waals surface area (Å²) < 4.78 is 53.6. The van der Waals surface area contributed by atoms with E-state index in [1.165, 1.54) is 13.2 Å². The van der Waals surface area contributed by atoms with Gasteiger partial charge in [-0.1, -0.05) is 19.6 Å². The van der Waals surface area contributed by atoms with Crippen LogP contribution in [0.15, 0.2) is 12.1 Å². The number of aromatic nitrogens is 2. The summed E-state index contributed by atoms with van der Waals surface area (Å²) in [4.78, 5) is 0. The molecule has 0 N–H and O–H groups in total. The number of nitrogens with zero attached hydrogens (tertiary/aromatic N) is 2. The lowest BCUT2D eigenvalue weighted by molar-refractivity contribution is 0.0813. The Hall–Kier alpha value is -1.49. The third kappa shape index (κ3) is 6.56. The fourth-order valence-electron chi connectivity index (χ4n) is 2.50. The number of halogens is 1. The lowest BCUT2D eigenvalue weighted by Gasteiger charge is -2.15. The molecule has 2 rings (SSSR count). The Morgan fingerprint density at radius 3 is 2.52 bits per heavy atom. The molecule has 0 saturated heterocycles. The van der Waals surface area contributed by atoms with Crippen molar-refractivity contribution in [2.24, 2.45) is 0 Å². The van der Waals surface area contributed by atoms with Crippen LogP contribution in [0.4, 0.5) is 4.39 Å². The van der Waals surface area contributed by atoms with Gasteiger partial charge in [0.1, 0.15) is 6.73 Å². The van der Waals surface area contributed by atoms with Crippen LogP contribution in [0.3, 0.4) is 0 Å². The van der Waals surface area contributed by atoms with Crippen LogP contribution in [-0.2, 0) is 32.2 Å². The summed E-state index contributed by atoms with van der Waals surface area (Å²) >= 11 is 0. The van der Waals surface area contributed by atoms with Crippen molar-refractivity contribution in [3.05, 3.63) is 23.6 Å². The summed E-state index contributed by atoms with van der Waals surface area (Å²) in [7, 11) is -3.35. The van der Waals surface area contributed by atoms with Gasteiger partial charge in [-0.15, -0.1) is 0 Å². The van der Waals surface area contributed by atoms with Gasteiger partial charge >= 0.3 is 0 Å². The van der Waals surface area contributed by atoms with Crippen molar-refractivity contribution in [2.45, 2.75) is 38.8 Å². The predicted molar refractivity (Wildman–Crippen MR) is 105 cm³/mol. The van der Waals surface area contributed by atoms with Crippen LogP contribution < -0.4 is 4.74 Å². The molecule has 0 saturated carbocycles. The average molecular weight is 419 g/mol. The van der Waals surface area contributed by atoms with E-state index in [9.17, 15) is 12.8 Å². The van der Waals surface area contributed by atoms with E-state index in [-0.39, 0.29) is 25.5 Å². The first kappa shape index (κ1) is 21.8. The van der Waals surface area contributed by atoms with Gasteiger partial charge in [-0.2, -0.15) is 13.5 Å². The molecular formula is C17H27FN2O5SSi. The molecule has 0 radical (unpaired) electrons. The Labute approximate surface area is 160 Å². The SMILES string of the molecule is COc1cc2c(CCOS(C)(=O)=O)nn(COCC[Si](C)(C)C)c2cc1F. The van der Waals surface area contributed by atoms with Crippen LogP contribution in [0.25, 0.3) is 10.9 Å². The minimum Gasteiger partial charge on any atom is -0.494 e. The van der Waals surface area contributed by atoms with Gasteiger partial charge in [0, 0.05) is 32.6 Å². The molecule has 0 spiro atoms. The number of hydrogen-bond donors (Lipinski definition) is 0. The van der Waals surface area contributed by atoms with E-state index >= 15 is 0 Å². The average Bonchev–Trinajstić information content (AvgIpc) is 2.85. The van der Waals surface area contributed by atoms with Gasteiger partial charge in [-0.3, -0.25) is 4.18 Å². The molecule has 0 unspecified atom stereocenters. The summed E-state index contributed by atoms with van der Waals surface area (Å²) in [5.74, 6) is -0.390. The molecule has 1 aromatic carbocycles. The maximum absolute atomic E-state index is 14.2. The Morgan fingerprint density at radius 2 is 1.93 bits per heavy atom. The smallest absolute Gasteiger partial charge is 0.264 e. The van der Waals surface area contributed by atoms with Crippen LogP contribution in [0.1, 0.15) is 5.69 Å². The fourth-order valence-corrected chi connectivity index (χ4v) is 3.64. The zero-order chi connectivity index (χ0) is 20.2. The molecule has 1 heterocycles. The first-order valence-corrected chi connectivity index (χ1v) is 14.2. The quantitative estimate of drug-likeness (QED) is 0.335. The fraction of sp³-hybridized carbons (Fsp3) is 0.588. The second-order valence-corrected chi connectivity index (χ2v) is 14.8. The molecule has 0 aliphatic heterocycles. The van der Waals surface area contributed by atoms with Crippen LogP contribution in [-0.4, -0.2) is 52.9 Å². The highest BCUT2D eigenvalue weighted by molar-refractivity contribution is 7.85. The molecular weight excluding hydrogens is 391 g/mol. The van der Waals surface area contributed by atoms with Gasteiger partial charge in [-0.25, -0.2) is 9.07 Å². The van der Waals surface area contributed by atoms with Crippen LogP contribution in [0, 0.1) is 5.82 Å². The first-order chi connectivity index (χ1) is 12.5. The topological polar surface area (TPSA) is 79.7 Å². The van der Waals surface area contributed by atoms with Gasteiger partial charge in [0.15, 0.2) is 11.6 Å². The molecule has 27 heavy (non-hydrogen) atoms. The van der Waals surface area contributed by atoms with Crippen molar-refractivity contribution in [1.82, 2.24) is 9.78 Å². The zero-order valence-electron chi connectivity index (χ0n) is 16.4. The maximum atomic E-state index is 14.2. The van der Waals surface area contributed by atoms with Crippen LogP contribution in [0.5, 0.6) is 5.75 Å². The Bertz CT molecular complexity index is 893. The highest BCUT2D eigenvalue weighted by atomic mass is 32.2. The molecule has 152 valence electrons. The lowest BCUT2D eigenvalue weighted by atomic mass is 10.1. The number of hydrogen-bond acceptors (Lipinski definition) is 6. The van der Waals surface area contributed by atoms with Crippen LogP contribution in [0.2, 0.25) is 25.7 Å². The molecule has 10 heteroatoms. The maximum Gasteiger partial charge on any atom is 0.264 e. The monoisotopic (exact) mass is 418 g/mol. The minimum atomic E-state index is -3.53. The van der Waals surface area contributed by atoms with Crippen molar-refractivity contribution in [3.8, 4) is 5.75 Å². The van der Waals surface area contributed by atoms with E-state index in [1.54, 1.807) is 10.7 Å². The second kappa shape index (κ2) is 8.68. The third-order valence-electron chi connectivity index (χ3n) is 3.95. The minimum absolute atomic E-state index is 0.0406. The summed E-state index contributed by atoms with van der Waals surface area (Å²) in [6, 6.07) is 3.93. The van der Waals surface area contributed by atoms with Gasteiger partial charge in [0.05, 0.1) is 31.2 Å². The van der Waals surface area contributed by atoms with Crippen molar-refractivity contribution in [3.63, 3.8) is 0 Å². The van der Waals surface area contributed by atoms with Crippen molar-refractivity contribution in [1.29, 1.82) is 0 Å². The highest BCUT2D eigenvalue weighted by Gasteiger charge is 2.17. The first-order valence-electron chi connectivity index (χ1n) is 8.65. The molecule has 0 atom stereocenters. The summed E-state index contributed by atoms with van der Waals surface area (Å²) in [5, 5.41) is 5.15. The number of rotatable bonds is 10.